The van der Waals surface area contributed by atoms with Crippen LogP contribution in [0.25, 0.3) is 11.4 Å². The topological polar surface area (TPSA) is 61.4 Å². The van der Waals surface area contributed by atoms with Gasteiger partial charge in [-0.05, 0) is 48.5 Å². The molecule has 4 rings (SSSR count). The van der Waals surface area contributed by atoms with Crippen molar-refractivity contribution in [3.8, 4) is 11.4 Å². The molecule has 0 atom stereocenters. The van der Waals surface area contributed by atoms with Crippen LogP contribution in [0.2, 0.25) is 0 Å². The van der Waals surface area contributed by atoms with E-state index in [1.54, 1.807) is 24.3 Å². The van der Waals surface area contributed by atoms with Crippen LogP contribution in [0.15, 0.2) is 54.7 Å². The van der Waals surface area contributed by atoms with Crippen molar-refractivity contribution < 1.29 is 13.6 Å². The van der Waals surface area contributed by atoms with Gasteiger partial charge in [-0.15, -0.1) is 0 Å². The van der Waals surface area contributed by atoms with Gasteiger partial charge in [0.15, 0.2) is 5.82 Å². The number of likely N-dealkylation sites (N-methyl/N-ethyl adjacent to an activating group) is 1. The second-order valence-corrected chi connectivity index (χ2v) is 7.67. The number of hydrogen-bond acceptors (Lipinski definition) is 5. The predicted octanol–water partition coefficient (Wildman–Crippen LogP) is 3.49. The summed E-state index contributed by atoms with van der Waals surface area (Å²) in [5.74, 6) is 0.0485. The number of aromatic nitrogens is 2. The Hall–Kier alpha value is -3.39. The van der Waals surface area contributed by atoms with Crippen molar-refractivity contribution in [1.82, 2.24) is 20.2 Å². The van der Waals surface area contributed by atoms with E-state index in [1.807, 2.05) is 0 Å². The number of rotatable bonds is 6. The first-order chi connectivity index (χ1) is 15.5. The van der Waals surface area contributed by atoms with Crippen LogP contribution in [-0.4, -0.2) is 53.5 Å². The Morgan fingerprint density at radius 3 is 2.22 bits per heavy atom. The van der Waals surface area contributed by atoms with Crippen molar-refractivity contribution in [2.45, 2.75) is 13.5 Å². The van der Waals surface area contributed by atoms with E-state index in [9.17, 15) is 13.6 Å². The number of nitrogens with zero attached hydrogens (tertiary/aromatic N) is 4. The molecule has 1 fully saturated rings. The Kier molecular flexibility index (Phi) is 6.70. The van der Waals surface area contributed by atoms with Gasteiger partial charge in [0.2, 0.25) is 0 Å². The van der Waals surface area contributed by atoms with Crippen molar-refractivity contribution in [1.29, 1.82) is 0 Å². The lowest BCUT2D eigenvalue weighted by Crippen LogP contribution is -2.47. The second-order valence-electron chi connectivity index (χ2n) is 7.67. The van der Waals surface area contributed by atoms with Crippen molar-refractivity contribution >= 4 is 11.7 Å². The van der Waals surface area contributed by atoms with Crippen LogP contribution in [0.4, 0.5) is 14.6 Å². The highest BCUT2D eigenvalue weighted by Gasteiger charge is 2.24. The lowest BCUT2D eigenvalue weighted by Gasteiger charge is -2.35. The molecule has 6 nitrogen and oxygen atoms in total. The highest BCUT2D eigenvalue weighted by atomic mass is 19.1. The first-order valence-electron chi connectivity index (χ1n) is 10.7. The van der Waals surface area contributed by atoms with Gasteiger partial charge in [-0.1, -0.05) is 19.1 Å². The minimum Gasteiger partial charge on any atom is -0.353 e. The third kappa shape index (κ3) is 5.08. The molecule has 2 heterocycles. The molecule has 1 aliphatic rings. The fraction of sp³-hybridized carbons (Fsp3) is 0.292. The number of halogens is 2. The molecular formula is C24H25F2N5O. The van der Waals surface area contributed by atoms with E-state index >= 15 is 0 Å². The number of nitrogens with one attached hydrogen (secondary N) is 1. The third-order valence-corrected chi connectivity index (χ3v) is 5.60. The first-order valence-corrected chi connectivity index (χ1v) is 10.7. The van der Waals surface area contributed by atoms with E-state index in [4.69, 9.17) is 4.98 Å². The fourth-order valence-corrected chi connectivity index (χ4v) is 3.67. The van der Waals surface area contributed by atoms with Gasteiger partial charge in [0.05, 0.1) is 0 Å². The van der Waals surface area contributed by atoms with Crippen LogP contribution in [0.1, 0.15) is 22.8 Å². The normalized spacial score (nSPS) is 14.4. The number of anilines is 1. The van der Waals surface area contributed by atoms with Crippen molar-refractivity contribution in [3.05, 3.63) is 77.5 Å². The Morgan fingerprint density at radius 1 is 0.969 bits per heavy atom. The number of carbonyl (C=O) groups is 1. The molecule has 0 aliphatic carbocycles. The molecule has 1 saturated heterocycles. The summed E-state index contributed by atoms with van der Waals surface area (Å²) in [4.78, 5) is 26.5. The largest absolute Gasteiger partial charge is 0.353 e. The van der Waals surface area contributed by atoms with Gasteiger partial charge < -0.3 is 15.1 Å². The van der Waals surface area contributed by atoms with E-state index < -0.39 is 0 Å². The number of hydrogen-bond donors (Lipinski definition) is 1. The molecule has 3 aromatic rings. The molecule has 8 heteroatoms. The van der Waals surface area contributed by atoms with E-state index in [2.05, 4.69) is 27.0 Å². The lowest BCUT2D eigenvalue weighted by atomic mass is 10.1. The lowest BCUT2D eigenvalue weighted by molar-refractivity contribution is 0.0950. The van der Waals surface area contributed by atoms with Crippen LogP contribution >= 0.6 is 0 Å². The predicted molar refractivity (Wildman–Crippen MR) is 119 cm³/mol. The quantitative estimate of drug-likeness (QED) is 0.640. The monoisotopic (exact) mass is 437 g/mol. The maximum atomic E-state index is 13.3. The standard InChI is InChI=1S/C24H25F2N5O/c1-2-30-11-13-31(14-12-30)23-21(24(32)28-15-17-3-7-19(25)8-4-17)16-27-22(29-23)18-5-9-20(26)10-6-18/h3-10,16H,2,11-15H2,1H3,(H,28,32). The van der Waals surface area contributed by atoms with Crippen molar-refractivity contribution in [2.75, 3.05) is 37.6 Å². The molecule has 166 valence electrons. The summed E-state index contributed by atoms with van der Waals surface area (Å²) in [6.07, 6.45) is 1.52. The SMILES string of the molecule is CCN1CCN(c2nc(-c3ccc(F)cc3)ncc2C(=O)NCc2ccc(F)cc2)CC1. The number of piperazine rings is 1. The first kappa shape index (κ1) is 21.8. The van der Waals surface area contributed by atoms with Gasteiger partial charge >= 0.3 is 0 Å². The summed E-state index contributed by atoms with van der Waals surface area (Å²) in [6.45, 7) is 6.61. The molecule has 1 aliphatic heterocycles. The molecule has 0 unspecified atom stereocenters. The summed E-state index contributed by atoms with van der Waals surface area (Å²) < 4.78 is 26.5. The number of amides is 1. The molecule has 32 heavy (non-hydrogen) atoms. The number of carbonyl (C=O) groups excluding carboxylic acids is 1. The molecule has 0 radical (unpaired) electrons. The summed E-state index contributed by atoms with van der Waals surface area (Å²) in [6, 6.07) is 12.0. The van der Waals surface area contributed by atoms with E-state index in [1.165, 1.54) is 30.5 Å². The van der Waals surface area contributed by atoms with Crippen molar-refractivity contribution in [2.24, 2.45) is 0 Å². The van der Waals surface area contributed by atoms with Crippen LogP contribution in [0, 0.1) is 11.6 Å². The minimum absolute atomic E-state index is 0.266. The van der Waals surface area contributed by atoms with Crippen LogP contribution < -0.4 is 10.2 Å². The molecule has 1 aromatic heterocycles. The molecule has 0 spiro atoms. The van der Waals surface area contributed by atoms with Crippen LogP contribution in [0.3, 0.4) is 0 Å². The Labute approximate surface area is 185 Å². The zero-order chi connectivity index (χ0) is 22.5. The second kappa shape index (κ2) is 9.82. The Balaban J connectivity index is 1.60. The van der Waals surface area contributed by atoms with Crippen LogP contribution in [0.5, 0.6) is 0 Å². The number of benzene rings is 2. The van der Waals surface area contributed by atoms with Gasteiger partial charge in [0.25, 0.3) is 5.91 Å². The molecule has 1 N–H and O–H groups in total. The van der Waals surface area contributed by atoms with Gasteiger partial charge in [0.1, 0.15) is 23.0 Å². The Bertz CT molecular complexity index is 1060. The average Bonchev–Trinajstić information content (AvgIpc) is 2.83. The van der Waals surface area contributed by atoms with Gasteiger partial charge in [-0.2, -0.15) is 0 Å². The summed E-state index contributed by atoms with van der Waals surface area (Å²) in [5.41, 5.74) is 1.85. The van der Waals surface area contributed by atoms with Gasteiger partial charge in [-0.25, -0.2) is 18.7 Å². The maximum absolute atomic E-state index is 13.3. The highest BCUT2D eigenvalue weighted by Crippen LogP contribution is 2.24. The molecular weight excluding hydrogens is 412 g/mol. The molecule has 0 saturated carbocycles. The van der Waals surface area contributed by atoms with E-state index in [-0.39, 0.29) is 24.1 Å². The van der Waals surface area contributed by atoms with Gasteiger partial charge in [-0.3, -0.25) is 4.79 Å². The zero-order valence-electron chi connectivity index (χ0n) is 17.9. The van der Waals surface area contributed by atoms with Crippen LogP contribution in [-0.2, 0) is 6.54 Å². The van der Waals surface area contributed by atoms with Gasteiger partial charge in [0, 0.05) is 44.5 Å². The maximum Gasteiger partial charge on any atom is 0.256 e. The summed E-state index contributed by atoms with van der Waals surface area (Å²) >= 11 is 0. The zero-order valence-corrected chi connectivity index (χ0v) is 17.9. The molecule has 1 amide bonds. The smallest absolute Gasteiger partial charge is 0.256 e. The fourth-order valence-electron chi connectivity index (χ4n) is 3.67. The minimum atomic E-state index is -0.332. The molecule has 2 aromatic carbocycles. The van der Waals surface area contributed by atoms with E-state index in [0.717, 1.165) is 38.3 Å². The summed E-state index contributed by atoms with van der Waals surface area (Å²) in [7, 11) is 0. The molecule has 0 bridgehead atoms. The highest BCUT2D eigenvalue weighted by molar-refractivity contribution is 5.98. The third-order valence-electron chi connectivity index (χ3n) is 5.60. The Morgan fingerprint density at radius 2 is 1.59 bits per heavy atom. The average molecular weight is 437 g/mol. The van der Waals surface area contributed by atoms with Crippen molar-refractivity contribution in [3.63, 3.8) is 0 Å². The van der Waals surface area contributed by atoms with E-state index in [0.29, 0.717) is 22.8 Å². The summed E-state index contributed by atoms with van der Waals surface area (Å²) in [5, 5.41) is 2.87.